The van der Waals surface area contributed by atoms with Gasteiger partial charge in [-0.2, -0.15) is 26.3 Å². The van der Waals surface area contributed by atoms with Crippen LogP contribution in [-0.4, -0.2) is 23.4 Å². The van der Waals surface area contributed by atoms with Crippen LogP contribution < -0.4 is 5.32 Å². The van der Waals surface area contributed by atoms with Crippen LogP contribution in [0.2, 0.25) is 0 Å². The van der Waals surface area contributed by atoms with Gasteiger partial charge in [-0.15, -0.1) is 4.91 Å². The molecule has 0 atom stereocenters. The summed E-state index contributed by atoms with van der Waals surface area (Å²) < 4.78 is 78.5. The molecule has 0 saturated heterocycles. The van der Waals surface area contributed by atoms with Crippen LogP contribution in [0.3, 0.4) is 0 Å². The zero-order valence-corrected chi connectivity index (χ0v) is 14.9. The fraction of sp³-hybridized carbons (Fsp3) is 0.278. The first kappa shape index (κ1) is 22.3. The molecule has 1 amide bonds. The average Bonchev–Trinajstić information content (AvgIpc) is 2.61. The highest BCUT2D eigenvalue weighted by Gasteiger charge is 2.71. The molecule has 0 fully saturated rings. The number of carbonyl (C=O) groups is 1. The van der Waals surface area contributed by atoms with Gasteiger partial charge < -0.3 is 10.4 Å². The lowest BCUT2D eigenvalue weighted by molar-refractivity contribution is -0.376. The van der Waals surface area contributed by atoms with Gasteiger partial charge in [-0.1, -0.05) is 18.2 Å². The van der Waals surface area contributed by atoms with E-state index in [-0.39, 0.29) is 28.1 Å². The van der Waals surface area contributed by atoms with Gasteiger partial charge in [-0.05, 0) is 48.4 Å². The molecule has 0 aliphatic carbocycles. The Bertz CT molecular complexity index is 916. The van der Waals surface area contributed by atoms with Gasteiger partial charge in [0.15, 0.2) is 0 Å². The highest BCUT2D eigenvalue weighted by molar-refractivity contribution is 6.05. The van der Waals surface area contributed by atoms with Crippen LogP contribution in [-0.2, 0) is 5.60 Å². The van der Waals surface area contributed by atoms with E-state index in [1.165, 1.54) is 32.0 Å². The maximum atomic E-state index is 13.1. The second-order valence-electron chi connectivity index (χ2n) is 6.29. The van der Waals surface area contributed by atoms with E-state index in [9.17, 15) is 41.2 Å². The van der Waals surface area contributed by atoms with Gasteiger partial charge in [0.1, 0.15) is 5.69 Å². The predicted octanol–water partition coefficient (Wildman–Crippen LogP) is 5.27. The number of nitrogens with zero attached hydrogens (tertiary/aromatic N) is 1. The van der Waals surface area contributed by atoms with Crippen molar-refractivity contribution in [3.05, 3.63) is 63.6 Å². The van der Waals surface area contributed by atoms with Crippen LogP contribution >= 0.6 is 0 Å². The summed E-state index contributed by atoms with van der Waals surface area (Å²) in [5, 5.41) is 14.6. The number of rotatable bonds is 4. The van der Waals surface area contributed by atoms with Crippen LogP contribution in [0.4, 0.5) is 37.7 Å². The third kappa shape index (κ3) is 4.09. The molecular formula is C18H14F6N2O3. The zero-order chi connectivity index (χ0) is 22.2. The van der Waals surface area contributed by atoms with Crippen molar-refractivity contribution in [3.63, 3.8) is 0 Å². The Kier molecular flexibility index (Phi) is 5.75. The minimum absolute atomic E-state index is 0.00654. The van der Waals surface area contributed by atoms with E-state index in [0.29, 0.717) is 12.1 Å². The molecule has 2 N–H and O–H groups in total. The van der Waals surface area contributed by atoms with Crippen molar-refractivity contribution >= 4 is 17.3 Å². The van der Waals surface area contributed by atoms with Crippen molar-refractivity contribution < 1.29 is 36.2 Å². The molecule has 0 bridgehead atoms. The van der Waals surface area contributed by atoms with Gasteiger partial charge >= 0.3 is 12.4 Å². The first-order valence-corrected chi connectivity index (χ1v) is 7.94. The Hall–Kier alpha value is -2.95. The summed E-state index contributed by atoms with van der Waals surface area (Å²) in [6.07, 6.45) is -12.0. The van der Waals surface area contributed by atoms with E-state index in [1.54, 1.807) is 0 Å². The Labute approximate surface area is 160 Å². The Balaban J connectivity index is 2.48. The van der Waals surface area contributed by atoms with Gasteiger partial charge in [0, 0.05) is 16.8 Å². The number of halogens is 6. The molecule has 156 valence electrons. The summed E-state index contributed by atoms with van der Waals surface area (Å²) in [6.45, 7) is 2.37. The molecule has 0 saturated carbocycles. The van der Waals surface area contributed by atoms with Crippen molar-refractivity contribution in [1.29, 1.82) is 0 Å². The fourth-order valence-electron chi connectivity index (χ4n) is 2.75. The fourth-order valence-corrected chi connectivity index (χ4v) is 2.75. The van der Waals surface area contributed by atoms with Gasteiger partial charge in [-0.3, -0.25) is 4.79 Å². The molecule has 0 radical (unpaired) electrons. The van der Waals surface area contributed by atoms with Crippen molar-refractivity contribution in [1.82, 2.24) is 0 Å². The van der Waals surface area contributed by atoms with E-state index in [0.717, 1.165) is 6.07 Å². The predicted molar refractivity (Wildman–Crippen MR) is 91.8 cm³/mol. The maximum absolute atomic E-state index is 13.1. The largest absolute Gasteiger partial charge is 0.430 e. The third-order valence-electron chi connectivity index (χ3n) is 4.22. The summed E-state index contributed by atoms with van der Waals surface area (Å²) in [5.74, 6) is -0.753. The van der Waals surface area contributed by atoms with Crippen LogP contribution in [0.1, 0.15) is 27.0 Å². The summed E-state index contributed by atoms with van der Waals surface area (Å²) in [5.41, 5.74) is -6.82. The first-order chi connectivity index (χ1) is 13.2. The monoisotopic (exact) mass is 420 g/mol. The highest BCUT2D eigenvalue weighted by atomic mass is 19.4. The van der Waals surface area contributed by atoms with Crippen molar-refractivity contribution in [3.8, 4) is 0 Å². The molecule has 29 heavy (non-hydrogen) atoms. The van der Waals surface area contributed by atoms with Gasteiger partial charge in [-0.25, -0.2) is 0 Å². The quantitative estimate of drug-likeness (QED) is 0.523. The molecule has 0 aromatic heterocycles. The van der Waals surface area contributed by atoms with Gasteiger partial charge in [0.05, 0.1) is 0 Å². The first-order valence-electron chi connectivity index (χ1n) is 7.94. The van der Waals surface area contributed by atoms with Crippen LogP contribution in [0.15, 0.2) is 41.6 Å². The molecule has 2 aromatic carbocycles. The molecule has 2 aromatic rings. The number of aryl methyl sites for hydroxylation is 2. The molecule has 0 aliphatic rings. The van der Waals surface area contributed by atoms with Gasteiger partial charge in [0.2, 0.25) is 0 Å². The number of aliphatic hydroxyl groups is 1. The maximum Gasteiger partial charge on any atom is 0.430 e. The number of amides is 1. The van der Waals surface area contributed by atoms with Crippen LogP contribution in [0.5, 0.6) is 0 Å². The number of alkyl halides is 6. The highest BCUT2D eigenvalue weighted by Crippen LogP contribution is 2.50. The molecular weight excluding hydrogens is 406 g/mol. The van der Waals surface area contributed by atoms with E-state index in [4.69, 9.17) is 0 Å². The van der Waals surface area contributed by atoms with E-state index >= 15 is 0 Å². The normalized spacial score (nSPS) is 12.6. The molecule has 5 nitrogen and oxygen atoms in total. The average molecular weight is 420 g/mol. The second-order valence-corrected chi connectivity index (χ2v) is 6.29. The summed E-state index contributed by atoms with van der Waals surface area (Å²) in [4.78, 5) is 22.9. The van der Waals surface area contributed by atoms with Crippen molar-refractivity contribution in [2.75, 3.05) is 5.32 Å². The Morgan fingerprint density at radius 2 is 1.48 bits per heavy atom. The smallest absolute Gasteiger partial charge is 0.369 e. The number of hydrogen-bond donors (Lipinski definition) is 2. The van der Waals surface area contributed by atoms with Crippen molar-refractivity contribution in [2.24, 2.45) is 5.18 Å². The molecule has 11 heteroatoms. The molecule has 0 spiro atoms. The molecule has 0 aliphatic heterocycles. The van der Waals surface area contributed by atoms with E-state index < -0.39 is 29.4 Å². The zero-order valence-electron chi connectivity index (χ0n) is 14.9. The number of nitroso groups, excluding NO2 is 1. The second kappa shape index (κ2) is 7.47. The number of hydrogen-bond acceptors (Lipinski definition) is 4. The number of carbonyl (C=O) groups excluding carboxylic acids is 1. The number of anilines is 1. The Morgan fingerprint density at radius 1 is 0.966 bits per heavy atom. The van der Waals surface area contributed by atoms with Gasteiger partial charge in [0.25, 0.3) is 11.5 Å². The number of nitrogens with one attached hydrogen (secondary N) is 1. The van der Waals surface area contributed by atoms with Crippen molar-refractivity contribution in [2.45, 2.75) is 31.8 Å². The number of benzene rings is 2. The SMILES string of the molecule is Cc1cc(C(O)(C(F)(F)F)C(F)(F)F)cc(C)c1NC(=O)c1cccc(N=O)c1. The topological polar surface area (TPSA) is 78.8 Å². The molecule has 0 heterocycles. The lowest BCUT2D eigenvalue weighted by Crippen LogP contribution is -2.54. The van der Waals surface area contributed by atoms with Crippen LogP contribution in [0, 0.1) is 18.8 Å². The molecule has 2 rings (SSSR count). The standard InChI is InChI=1S/C18H14F6N2O3/c1-9-6-12(16(28,17(19,20)21)18(22,23)24)7-10(2)14(9)25-15(27)11-4-3-5-13(8-11)26-29/h3-8,28H,1-2H3,(H,25,27). The van der Waals surface area contributed by atoms with Crippen LogP contribution in [0.25, 0.3) is 0 Å². The van der Waals surface area contributed by atoms with E-state index in [1.807, 2.05) is 0 Å². The Morgan fingerprint density at radius 3 is 1.93 bits per heavy atom. The minimum Gasteiger partial charge on any atom is -0.369 e. The third-order valence-corrected chi connectivity index (χ3v) is 4.22. The van der Waals surface area contributed by atoms with E-state index in [2.05, 4.69) is 10.5 Å². The minimum atomic E-state index is -6.02. The summed E-state index contributed by atoms with van der Waals surface area (Å²) >= 11 is 0. The summed E-state index contributed by atoms with van der Waals surface area (Å²) in [6, 6.07) is 6.23. The summed E-state index contributed by atoms with van der Waals surface area (Å²) in [7, 11) is 0. The molecule has 0 unspecified atom stereocenters. The lowest BCUT2D eigenvalue weighted by Gasteiger charge is -2.33. The lowest BCUT2D eigenvalue weighted by atomic mass is 9.89.